The third-order valence-electron chi connectivity index (χ3n) is 2.54. The summed E-state index contributed by atoms with van der Waals surface area (Å²) >= 11 is 0. The van der Waals surface area contributed by atoms with Gasteiger partial charge in [0.05, 0.1) is 17.0 Å². The average Bonchev–Trinajstić information content (AvgIpc) is 2.48. The number of terminal acetylenes is 1. The van der Waals surface area contributed by atoms with Crippen molar-refractivity contribution in [3.05, 3.63) is 29.8 Å². The normalized spacial score (nSPS) is 11.4. The summed E-state index contributed by atoms with van der Waals surface area (Å²) in [5.74, 6) is 0.866. The molecule has 0 atom stereocenters. The first-order valence-corrected chi connectivity index (χ1v) is 8.55. The maximum absolute atomic E-state index is 12.3. The van der Waals surface area contributed by atoms with Gasteiger partial charge in [-0.3, -0.25) is 4.79 Å². The summed E-state index contributed by atoms with van der Waals surface area (Å²) in [7, 11) is -3.78. The van der Waals surface area contributed by atoms with Gasteiger partial charge in [0.15, 0.2) is 6.61 Å². The van der Waals surface area contributed by atoms with Crippen molar-refractivity contribution in [3.63, 3.8) is 0 Å². The highest BCUT2D eigenvalue weighted by Crippen LogP contribution is 2.15. The van der Waals surface area contributed by atoms with Crippen molar-refractivity contribution in [2.45, 2.75) is 31.2 Å². The van der Waals surface area contributed by atoms with E-state index >= 15 is 0 Å². The number of rotatable bonds is 6. The lowest BCUT2D eigenvalue weighted by Gasteiger charge is -2.20. The van der Waals surface area contributed by atoms with Gasteiger partial charge in [-0.25, -0.2) is 17.9 Å². The third kappa shape index (κ3) is 6.40. The number of hydrogen-bond donors (Lipinski definition) is 2. The second kappa shape index (κ2) is 7.95. The number of ether oxygens (including phenoxy) is 1. The van der Waals surface area contributed by atoms with Gasteiger partial charge in [0.2, 0.25) is 10.0 Å². The summed E-state index contributed by atoms with van der Waals surface area (Å²) in [4.78, 5) is 23.2. The van der Waals surface area contributed by atoms with Gasteiger partial charge in [-0.1, -0.05) is 12.0 Å². The zero-order valence-electron chi connectivity index (χ0n) is 13.8. The van der Waals surface area contributed by atoms with E-state index in [0.717, 1.165) is 0 Å². The molecule has 24 heavy (non-hydrogen) atoms. The van der Waals surface area contributed by atoms with E-state index < -0.39 is 34.0 Å². The molecule has 0 saturated heterocycles. The topological polar surface area (TPSA) is 102 Å². The van der Waals surface area contributed by atoms with E-state index in [4.69, 9.17) is 11.2 Å². The van der Waals surface area contributed by atoms with Crippen LogP contribution in [-0.2, 0) is 19.6 Å². The molecule has 0 aromatic heterocycles. The number of hydrogen-bond acceptors (Lipinski definition) is 5. The lowest BCUT2D eigenvalue weighted by molar-refractivity contribution is -0.123. The van der Waals surface area contributed by atoms with Crippen LogP contribution in [0.2, 0.25) is 0 Å². The predicted molar refractivity (Wildman–Crippen MR) is 88.6 cm³/mol. The SMILES string of the molecule is C#CCNC(=O)COC(=O)c1cccc(S(=O)(=O)NC(C)(C)C)c1. The Labute approximate surface area is 141 Å². The molecule has 1 rings (SSSR count). The molecule has 8 heteroatoms. The summed E-state index contributed by atoms with van der Waals surface area (Å²) in [5.41, 5.74) is -0.638. The van der Waals surface area contributed by atoms with Crippen molar-refractivity contribution in [2.75, 3.05) is 13.2 Å². The first-order chi connectivity index (χ1) is 11.0. The number of carbonyl (C=O) groups is 2. The average molecular weight is 352 g/mol. The van der Waals surface area contributed by atoms with Crippen LogP contribution in [0.4, 0.5) is 0 Å². The predicted octanol–water partition coefficient (Wildman–Crippen LogP) is 0.670. The van der Waals surface area contributed by atoms with Gasteiger partial charge >= 0.3 is 5.97 Å². The Hall–Kier alpha value is -2.37. The summed E-state index contributed by atoms with van der Waals surface area (Å²) in [6, 6.07) is 5.38. The van der Waals surface area contributed by atoms with Crippen LogP contribution in [0, 0.1) is 12.3 Å². The van der Waals surface area contributed by atoms with Gasteiger partial charge < -0.3 is 10.1 Å². The molecule has 0 unspecified atom stereocenters. The van der Waals surface area contributed by atoms with Crippen molar-refractivity contribution in [1.82, 2.24) is 10.0 Å². The molecule has 0 saturated carbocycles. The molecular weight excluding hydrogens is 332 g/mol. The smallest absolute Gasteiger partial charge is 0.338 e. The lowest BCUT2D eigenvalue weighted by Crippen LogP contribution is -2.40. The van der Waals surface area contributed by atoms with Crippen molar-refractivity contribution in [2.24, 2.45) is 0 Å². The van der Waals surface area contributed by atoms with Gasteiger partial charge in [0, 0.05) is 5.54 Å². The second-order valence-corrected chi connectivity index (χ2v) is 7.62. The molecule has 0 fully saturated rings. The highest BCUT2D eigenvalue weighted by Gasteiger charge is 2.23. The summed E-state index contributed by atoms with van der Waals surface area (Å²) in [6.45, 7) is 4.65. The van der Waals surface area contributed by atoms with Gasteiger partial charge in [-0.05, 0) is 39.0 Å². The van der Waals surface area contributed by atoms with Gasteiger partial charge in [-0.15, -0.1) is 6.42 Å². The number of carbonyl (C=O) groups excluding carboxylic acids is 2. The molecule has 130 valence electrons. The minimum atomic E-state index is -3.78. The highest BCUT2D eigenvalue weighted by molar-refractivity contribution is 7.89. The van der Waals surface area contributed by atoms with E-state index in [2.05, 4.69) is 16.0 Å². The molecule has 0 aliphatic carbocycles. The molecule has 0 bridgehead atoms. The first kappa shape index (κ1) is 19.7. The lowest BCUT2D eigenvalue weighted by atomic mass is 10.1. The summed E-state index contributed by atoms with van der Waals surface area (Å²) in [6.07, 6.45) is 4.99. The fourth-order valence-electron chi connectivity index (χ4n) is 1.67. The summed E-state index contributed by atoms with van der Waals surface area (Å²) in [5, 5.41) is 2.34. The Morgan fingerprint density at radius 3 is 2.54 bits per heavy atom. The Bertz CT molecular complexity index is 757. The zero-order valence-corrected chi connectivity index (χ0v) is 14.6. The van der Waals surface area contributed by atoms with Crippen LogP contribution in [0.25, 0.3) is 0 Å². The molecule has 7 nitrogen and oxygen atoms in total. The van der Waals surface area contributed by atoms with E-state index in [1.807, 2.05) is 0 Å². The molecule has 0 heterocycles. The molecular formula is C16H20N2O5S. The van der Waals surface area contributed by atoms with Crippen molar-refractivity contribution in [3.8, 4) is 12.3 Å². The maximum Gasteiger partial charge on any atom is 0.338 e. The standard InChI is InChI=1S/C16H20N2O5S/c1-5-9-17-14(19)11-23-15(20)12-7-6-8-13(10-12)24(21,22)18-16(2,3)4/h1,6-8,10,18H,9,11H2,2-4H3,(H,17,19). The monoisotopic (exact) mass is 352 g/mol. The van der Waals surface area contributed by atoms with Crippen LogP contribution in [0.3, 0.4) is 0 Å². The molecule has 1 aromatic rings. The van der Waals surface area contributed by atoms with Crippen LogP contribution < -0.4 is 10.0 Å². The quantitative estimate of drug-likeness (QED) is 0.579. The summed E-state index contributed by atoms with van der Waals surface area (Å²) < 4.78 is 31.8. The molecule has 0 aliphatic rings. The van der Waals surface area contributed by atoms with E-state index in [-0.39, 0.29) is 17.0 Å². The van der Waals surface area contributed by atoms with Gasteiger partial charge in [-0.2, -0.15) is 0 Å². The van der Waals surface area contributed by atoms with Crippen molar-refractivity contribution < 1.29 is 22.7 Å². The molecule has 1 amide bonds. The number of amides is 1. The van der Waals surface area contributed by atoms with Crippen LogP contribution in [0.5, 0.6) is 0 Å². The van der Waals surface area contributed by atoms with Gasteiger partial charge in [0.1, 0.15) is 0 Å². The Morgan fingerprint density at radius 2 is 1.96 bits per heavy atom. The largest absolute Gasteiger partial charge is 0.452 e. The van der Waals surface area contributed by atoms with Crippen molar-refractivity contribution in [1.29, 1.82) is 0 Å². The van der Waals surface area contributed by atoms with E-state index in [1.54, 1.807) is 20.8 Å². The molecule has 0 aliphatic heterocycles. The van der Waals surface area contributed by atoms with Gasteiger partial charge in [0.25, 0.3) is 5.91 Å². The van der Waals surface area contributed by atoms with E-state index in [1.165, 1.54) is 24.3 Å². The first-order valence-electron chi connectivity index (χ1n) is 7.06. The Kier molecular flexibility index (Phi) is 6.51. The fourth-order valence-corrected chi connectivity index (χ4v) is 3.13. The number of sulfonamides is 1. The van der Waals surface area contributed by atoms with Crippen LogP contribution in [-0.4, -0.2) is 39.0 Å². The number of nitrogens with one attached hydrogen (secondary N) is 2. The van der Waals surface area contributed by atoms with Crippen LogP contribution >= 0.6 is 0 Å². The minimum absolute atomic E-state index is 0.0246. The van der Waals surface area contributed by atoms with E-state index in [0.29, 0.717) is 0 Å². The van der Waals surface area contributed by atoms with Crippen LogP contribution in [0.15, 0.2) is 29.2 Å². The molecule has 2 N–H and O–H groups in total. The second-order valence-electron chi connectivity index (χ2n) is 5.94. The number of esters is 1. The zero-order chi connectivity index (χ0) is 18.4. The van der Waals surface area contributed by atoms with E-state index in [9.17, 15) is 18.0 Å². The fraction of sp³-hybridized carbons (Fsp3) is 0.375. The number of benzene rings is 1. The molecule has 1 aromatic carbocycles. The maximum atomic E-state index is 12.3. The highest BCUT2D eigenvalue weighted by atomic mass is 32.2. The third-order valence-corrected chi connectivity index (χ3v) is 4.30. The molecule has 0 spiro atoms. The minimum Gasteiger partial charge on any atom is -0.452 e. The molecule has 0 radical (unpaired) electrons. The Balaban J connectivity index is 2.83. The van der Waals surface area contributed by atoms with Crippen molar-refractivity contribution >= 4 is 21.9 Å². The van der Waals surface area contributed by atoms with Crippen LogP contribution in [0.1, 0.15) is 31.1 Å². The Morgan fingerprint density at radius 1 is 1.29 bits per heavy atom.